The van der Waals surface area contributed by atoms with E-state index in [-0.39, 0.29) is 18.0 Å². The van der Waals surface area contributed by atoms with Gasteiger partial charge in [-0.3, -0.25) is 4.98 Å². The molecule has 5 N–H and O–H groups in total. The molecule has 3 aromatic rings. The van der Waals surface area contributed by atoms with Crippen LogP contribution >= 0.6 is 0 Å². The van der Waals surface area contributed by atoms with Crippen molar-refractivity contribution in [1.82, 2.24) is 15.0 Å². The second-order valence-corrected chi connectivity index (χ2v) is 7.56. The van der Waals surface area contributed by atoms with Gasteiger partial charge in [0, 0.05) is 11.6 Å². The summed E-state index contributed by atoms with van der Waals surface area (Å²) in [5.74, 6) is 2.21. The quantitative estimate of drug-likeness (QED) is 0.415. The number of methoxy groups -OCH3 is 1. The zero-order valence-electron chi connectivity index (χ0n) is 17.5. The predicted molar refractivity (Wildman–Crippen MR) is 125 cm³/mol. The van der Waals surface area contributed by atoms with Crippen LogP contribution < -0.4 is 21.5 Å². The summed E-state index contributed by atoms with van der Waals surface area (Å²) in [7, 11) is 1.65. The van der Waals surface area contributed by atoms with E-state index in [1.807, 2.05) is 48.6 Å². The van der Waals surface area contributed by atoms with E-state index in [4.69, 9.17) is 26.2 Å². The maximum atomic E-state index is 5.67. The van der Waals surface area contributed by atoms with E-state index < -0.39 is 0 Å². The molecular formula is C23H27N7O. The van der Waals surface area contributed by atoms with Crippen molar-refractivity contribution in [2.24, 2.45) is 16.5 Å². The number of aromatic nitrogens is 3. The summed E-state index contributed by atoms with van der Waals surface area (Å²) in [6.45, 7) is 0. The fourth-order valence-corrected chi connectivity index (χ4v) is 3.87. The van der Waals surface area contributed by atoms with Crippen LogP contribution in [0.2, 0.25) is 0 Å². The van der Waals surface area contributed by atoms with Crippen LogP contribution in [0, 0.1) is 0 Å². The van der Waals surface area contributed by atoms with Crippen molar-refractivity contribution in [1.29, 1.82) is 0 Å². The highest BCUT2D eigenvalue weighted by Crippen LogP contribution is 2.29. The van der Waals surface area contributed by atoms with E-state index in [2.05, 4.69) is 15.3 Å². The molecule has 0 unspecified atom stereocenters. The second kappa shape index (κ2) is 9.42. The number of ether oxygens (including phenoxy) is 1. The van der Waals surface area contributed by atoms with Gasteiger partial charge < -0.3 is 21.5 Å². The van der Waals surface area contributed by atoms with Crippen molar-refractivity contribution < 1.29 is 4.74 Å². The normalized spacial score (nSPS) is 18.7. The summed E-state index contributed by atoms with van der Waals surface area (Å²) in [5.41, 5.74) is 13.0. The number of fused-ring (bicyclic) bond motifs is 1. The second-order valence-electron chi connectivity index (χ2n) is 7.56. The van der Waals surface area contributed by atoms with E-state index >= 15 is 0 Å². The van der Waals surface area contributed by atoms with Gasteiger partial charge in [0.15, 0.2) is 11.8 Å². The van der Waals surface area contributed by atoms with Crippen LogP contribution in [0.3, 0.4) is 0 Å². The molecule has 1 saturated carbocycles. The number of rotatable bonds is 6. The first-order valence-electron chi connectivity index (χ1n) is 10.4. The summed E-state index contributed by atoms with van der Waals surface area (Å²) in [6, 6.07) is 11.7. The molecule has 0 saturated heterocycles. The van der Waals surface area contributed by atoms with Gasteiger partial charge in [0.1, 0.15) is 11.6 Å². The molecule has 0 aliphatic heterocycles. The van der Waals surface area contributed by atoms with Crippen molar-refractivity contribution in [3.05, 3.63) is 54.1 Å². The highest BCUT2D eigenvalue weighted by atomic mass is 16.5. The minimum Gasteiger partial charge on any atom is -0.497 e. The van der Waals surface area contributed by atoms with Gasteiger partial charge in [-0.2, -0.15) is 0 Å². The molecule has 1 aliphatic rings. The molecule has 1 aromatic carbocycles. The minimum atomic E-state index is 0.0156. The summed E-state index contributed by atoms with van der Waals surface area (Å²) < 4.78 is 5.42. The standard InChI is InChI=1S/C23H27N7O/c1-31-16-10-11-18-17(14-16)22(28-19-7-2-3-8-20(19)29-23(24)25)30-21(27-18)12-9-15-6-4-5-13-26-15/h4-6,9-14,19-20H,2-3,7-8H2,1H3,(H4,24,25,29)(H,27,28,30)/b12-9-/t19-,20+/m1/s1. The Kier molecular flexibility index (Phi) is 6.26. The van der Waals surface area contributed by atoms with E-state index in [0.29, 0.717) is 5.82 Å². The van der Waals surface area contributed by atoms with Gasteiger partial charge in [-0.05, 0) is 55.3 Å². The van der Waals surface area contributed by atoms with E-state index in [1.165, 1.54) is 0 Å². The van der Waals surface area contributed by atoms with Crippen molar-refractivity contribution >= 4 is 34.8 Å². The molecule has 1 aliphatic carbocycles. The molecule has 8 heteroatoms. The fourth-order valence-electron chi connectivity index (χ4n) is 3.87. The summed E-state index contributed by atoms with van der Waals surface area (Å²) in [5, 5.41) is 4.49. The van der Waals surface area contributed by atoms with Gasteiger partial charge in [-0.25, -0.2) is 15.0 Å². The molecule has 2 heterocycles. The van der Waals surface area contributed by atoms with Crippen LogP contribution in [0.25, 0.3) is 23.1 Å². The van der Waals surface area contributed by atoms with E-state index in [1.54, 1.807) is 13.3 Å². The largest absolute Gasteiger partial charge is 0.497 e. The Hall–Kier alpha value is -3.68. The third kappa shape index (κ3) is 5.09. The van der Waals surface area contributed by atoms with Gasteiger partial charge in [0.25, 0.3) is 0 Å². The van der Waals surface area contributed by atoms with Gasteiger partial charge in [0.05, 0.1) is 30.4 Å². The average molecular weight is 418 g/mol. The Bertz CT molecular complexity index is 1090. The van der Waals surface area contributed by atoms with Crippen molar-refractivity contribution in [2.45, 2.75) is 37.8 Å². The lowest BCUT2D eigenvalue weighted by atomic mass is 9.90. The Morgan fingerprint density at radius 3 is 2.77 bits per heavy atom. The third-order valence-electron chi connectivity index (χ3n) is 5.38. The fraction of sp³-hybridized carbons (Fsp3) is 0.304. The Morgan fingerprint density at radius 2 is 2.00 bits per heavy atom. The first-order valence-corrected chi connectivity index (χ1v) is 10.4. The molecule has 0 bridgehead atoms. The lowest BCUT2D eigenvalue weighted by Gasteiger charge is -2.30. The minimum absolute atomic E-state index is 0.0156. The lowest BCUT2D eigenvalue weighted by Crippen LogP contribution is -2.38. The Labute approximate surface area is 181 Å². The topological polar surface area (TPSA) is 124 Å². The molecule has 0 radical (unpaired) electrons. The predicted octanol–water partition coefficient (Wildman–Crippen LogP) is 3.20. The number of nitrogens with zero attached hydrogens (tertiary/aromatic N) is 4. The number of nitrogens with one attached hydrogen (secondary N) is 1. The van der Waals surface area contributed by atoms with Gasteiger partial charge >= 0.3 is 0 Å². The number of pyridine rings is 1. The van der Waals surface area contributed by atoms with Gasteiger partial charge in [0.2, 0.25) is 0 Å². The van der Waals surface area contributed by atoms with Gasteiger partial charge in [-0.1, -0.05) is 18.9 Å². The zero-order valence-corrected chi connectivity index (χ0v) is 17.5. The molecular weight excluding hydrogens is 390 g/mol. The first-order chi connectivity index (χ1) is 15.1. The maximum Gasteiger partial charge on any atom is 0.186 e. The first kappa shape index (κ1) is 20.6. The third-order valence-corrected chi connectivity index (χ3v) is 5.38. The number of aliphatic imine (C=N–C) groups is 1. The van der Waals surface area contributed by atoms with Crippen molar-refractivity contribution in [2.75, 3.05) is 12.4 Å². The number of benzene rings is 1. The SMILES string of the molecule is COc1ccc2nc(/C=C\c3ccccn3)nc(N[C@@H]3CCCC[C@@H]3N=C(N)N)c2c1. The molecule has 8 nitrogen and oxygen atoms in total. The molecule has 0 amide bonds. The number of anilines is 1. The smallest absolute Gasteiger partial charge is 0.186 e. The van der Waals surface area contributed by atoms with Crippen LogP contribution in [-0.4, -0.2) is 40.1 Å². The average Bonchev–Trinajstić information content (AvgIpc) is 2.79. The highest BCUT2D eigenvalue weighted by molar-refractivity contribution is 5.91. The number of guanidine groups is 1. The van der Waals surface area contributed by atoms with E-state index in [0.717, 1.165) is 53.8 Å². The van der Waals surface area contributed by atoms with Crippen LogP contribution in [0.1, 0.15) is 37.2 Å². The Morgan fingerprint density at radius 1 is 1.13 bits per heavy atom. The van der Waals surface area contributed by atoms with Crippen LogP contribution in [0.4, 0.5) is 5.82 Å². The molecule has 0 spiro atoms. The molecule has 160 valence electrons. The molecule has 1 fully saturated rings. The highest BCUT2D eigenvalue weighted by Gasteiger charge is 2.26. The number of hydrogen-bond donors (Lipinski definition) is 3. The zero-order chi connectivity index (χ0) is 21.6. The summed E-state index contributed by atoms with van der Waals surface area (Å²) >= 11 is 0. The molecule has 31 heavy (non-hydrogen) atoms. The van der Waals surface area contributed by atoms with Crippen LogP contribution in [0.15, 0.2) is 47.6 Å². The van der Waals surface area contributed by atoms with Gasteiger partial charge in [-0.15, -0.1) is 0 Å². The summed E-state index contributed by atoms with van der Waals surface area (Å²) in [4.78, 5) is 18.3. The molecule has 2 aromatic heterocycles. The Balaban J connectivity index is 1.72. The van der Waals surface area contributed by atoms with E-state index in [9.17, 15) is 0 Å². The number of hydrogen-bond acceptors (Lipinski definition) is 6. The van der Waals surface area contributed by atoms with Crippen LogP contribution in [0.5, 0.6) is 5.75 Å². The summed E-state index contributed by atoms with van der Waals surface area (Å²) in [6.07, 6.45) is 9.66. The lowest BCUT2D eigenvalue weighted by molar-refractivity contribution is 0.405. The monoisotopic (exact) mass is 417 g/mol. The maximum absolute atomic E-state index is 5.67. The molecule has 2 atom stereocenters. The van der Waals surface area contributed by atoms with Crippen LogP contribution in [-0.2, 0) is 0 Å². The number of nitrogens with two attached hydrogens (primary N) is 2. The molecule has 4 rings (SSSR count). The van der Waals surface area contributed by atoms with Crippen molar-refractivity contribution in [3.8, 4) is 5.75 Å². The van der Waals surface area contributed by atoms with Crippen molar-refractivity contribution in [3.63, 3.8) is 0 Å².